The molecule has 0 saturated carbocycles. The molecule has 7 aliphatic rings. The zero-order valence-corrected chi connectivity index (χ0v) is 45.4. The van der Waals surface area contributed by atoms with Crippen molar-refractivity contribution in [3.05, 3.63) is 65.0 Å². The van der Waals surface area contributed by atoms with Gasteiger partial charge in [-0.15, -0.1) is 0 Å². The van der Waals surface area contributed by atoms with Gasteiger partial charge in [0.05, 0.1) is 40.9 Å². The lowest BCUT2D eigenvalue weighted by Gasteiger charge is -2.37. The molecule has 13 rings (SSSR count). The van der Waals surface area contributed by atoms with E-state index in [1.807, 2.05) is 29.0 Å². The minimum absolute atomic E-state index is 0.00450. The van der Waals surface area contributed by atoms with Crippen LogP contribution < -0.4 is 19.9 Å². The van der Waals surface area contributed by atoms with Gasteiger partial charge in [-0.05, 0) is 142 Å². The average Bonchev–Trinajstić information content (AvgIpc) is 4.11. The molecule has 422 valence electrons. The first kappa shape index (κ1) is 52.5. The standard InChI is InChI=1S/C59H68F3N11O7/c1-3-39-43(60)9-6-35-27-38(74)29-42(47(35)39)51-49(62)53-48-52(65-51)44(61)28-37-30-78-25-5-19-72(37)55(48)67-57(66-53)80-32-59-17-4-20-73(59)36(12-18-59)31-79-58(77)71-23-15-34(16-24-71)26-33-13-21-70(22-14-33)45-10-7-40-50(68-69(2)54(40)63-45)41-8-11-46(75)64-56(41)76/h6-7,9-10,27,29,33-34,36-37,41,44,74H,3-5,8,11-26,28,30-32H2,1-2H3,(H,64,75,76)/t36-,37-,41?,44-,59-/m0/s1. The Balaban J connectivity index is 0.645. The zero-order valence-electron chi connectivity index (χ0n) is 45.4. The number of pyridine rings is 2. The van der Waals surface area contributed by atoms with Crippen molar-refractivity contribution in [3.8, 4) is 23.0 Å². The molecule has 80 heavy (non-hydrogen) atoms. The number of carbonyl (C=O) groups is 3. The number of benzene rings is 2. The Morgan fingerprint density at radius 2 is 1.71 bits per heavy atom. The van der Waals surface area contributed by atoms with Crippen LogP contribution in [-0.4, -0.2) is 146 Å². The lowest BCUT2D eigenvalue weighted by molar-refractivity contribution is -0.134. The van der Waals surface area contributed by atoms with Gasteiger partial charge < -0.3 is 34.0 Å². The molecule has 3 amide bonds. The first-order valence-corrected chi connectivity index (χ1v) is 28.9. The van der Waals surface area contributed by atoms with Crippen LogP contribution in [0.1, 0.15) is 119 Å². The second-order valence-electron chi connectivity index (χ2n) is 23.4. The van der Waals surface area contributed by atoms with Crippen LogP contribution in [-0.2, 0) is 32.5 Å². The second kappa shape index (κ2) is 21.2. The Bertz CT molecular complexity index is 3420. The molecule has 6 aromatic rings. The number of alkyl halides is 1. The van der Waals surface area contributed by atoms with Crippen LogP contribution in [0.25, 0.3) is 44.0 Å². The number of phenols is 1. The van der Waals surface area contributed by atoms with Gasteiger partial charge in [0.15, 0.2) is 11.5 Å². The number of piperidine rings is 3. The number of hydrogen-bond donors (Lipinski definition) is 2. The maximum Gasteiger partial charge on any atom is 0.409 e. The molecule has 2 N–H and O–H groups in total. The van der Waals surface area contributed by atoms with E-state index in [4.69, 9.17) is 29.2 Å². The molecule has 2 aromatic carbocycles. The van der Waals surface area contributed by atoms with E-state index in [9.17, 15) is 19.5 Å². The first-order chi connectivity index (χ1) is 38.8. The van der Waals surface area contributed by atoms with E-state index in [-0.39, 0.29) is 102 Å². The lowest BCUT2D eigenvalue weighted by Crippen LogP contribution is -2.48. The average molecular weight is 1100 g/mol. The van der Waals surface area contributed by atoms with Crippen molar-refractivity contribution in [3.63, 3.8) is 0 Å². The molecule has 5 atom stereocenters. The molecule has 11 heterocycles. The first-order valence-electron chi connectivity index (χ1n) is 28.9. The maximum absolute atomic E-state index is 17.6. The predicted octanol–water partition coefficient (Wildman–Crippen LogP) is 8.73. The Labute approximate surface area is 461 Å². The molecule has 0 aliphatic carbocycles. The molecular formula is C59H68F3N11O7. The summed E-state index contributed by atoms with van der Waals surface area (Å²) >= 11 is 0. The van der Waals surface area contributed by atoms with E-state index in [0.717, 1.165) is 94.3 Å². The smallest absolute Gasteiger partial charge is 0.409 e. The second-order valence-corrected chi connectivity index (χ2v) is 23.4. The normalized spacial score (nSPS) is 25.0. The van der Waals surface area contributed by atoms with E-state index >= 15 is 13.2 Å². The lowest BCUT2D eigenvalue weighted by atomic mass is 9.83. The minimum atomic E-state index is -1.63. The maximum atomic E-state index is 17.6. The number of halogens is 3. The van der Waals surface area contributed by atoms with Crippen LogP contribution in [0.5, 0.6) is 11.8 Å². The van der Waals surface area contributed by atoms with Crippen molar-refractivity contribution in [1.82, 2.24) is 44.8 Å². The fourth-order valence-electron chi connectivity index (χ4n) is 14.5. The highest BCUT2D eigenvalue weighted by Gasteiger charge is 2.50. The summed E-state index contributed by atoms with van der Waals surface area (Å²) in [5, 5.41) is 19.9. The van der Waals surface area contributed by atoms with E-state index < -0.39 is 29.8 Å². The third-order valence-electron chi connectivity index (χ3n) is 18.7. The van der Waals surface area contributed by atoms with Crippen LogP contribution in [0.2, 0.25) is 0 Å². The molecule has 4 aromatic heterocycles. The molecular weight excluding hydrogens is 1030 g/mol. The molecule has 0 bridgehead atoms. The molecule has 1 unspecified atom stereocenters. The minimum Gasteiger partial charge on any atom is -0.508 e. The van der Waals surface area contributed by atoms with Gasteiger partial charge in [-0.25, -0.2) is 27.9 Å². The van der Waals surface area contributed by atoms with Gasteiger partial charge in [-0.3, -0.25) is 24.5 Å². The number of carbonyl (C=O) groups excluding carboxylic acids is 3. The van der Waals surface area contributed by atoms with Crippen molar-refractivity contribution < 1.29 is 46.9 Å². The Morgan fingerprint density at radius 3 is 2.51 bits per heavy atom. The number of ether oxygens (including phenoxy) is 3. The number of hydrogen-bond acceptors (Lipinski definition) is 15. The summed E-state index contributed by atoms with van der Waals surface area (Å²) in [7, 11) is 1.84. The molecule has 7 aliphatic heterocycles. The number of phenolic OH excluding ortho intramolecular Hbond substituents is 1. The number of anilines is 2. The van der Waals surface area contributed by atoms with Gasteiger partial charge >= 0.3 is 12.1 Å². The third-order valence-corrected chi connectivity index (χ3v) is 18.7. The summed E-state index contributed by atoms with van der Waals surface area (Å²) < 4.78 is 70.1. The van der Waals surface area contributed by atoms with E-state index in [1.54, 1.807) is 11.6 Å². The van der Waals surface area contributed by atoms with Gasteiger partial charge in [0.2, 0.25) is 11.8 Å². The summed E-state index contributed by atoms with van der Waals surface area (Å²) in [6, 6.07) is 9.25. The van der Waals surface area contributed by atoms with E-state index in [0.29, 0.717) is 85.2 Å². The zero-order chi connectivity index (χ0) is 55.0. The van der Waals surface area contributed by atoms with Crippen LogP contribution in [0.15, 0.2) is 36.4 Å². The molecule has 18 nitrogen and oxygen atoms in total. The van der Waals surface area contributed by atoms with Gasteiger partial charge in [-0.2, -0.15) is 15.1 Å². The molecule has 0 radical (unpaired) electrons. The summed E-state index contributed by atoms with van der Waals surface area (Å²) in [5.74, 6) is -0.157. The highest BCUT2D eigenvalue weighted by Crippen LogP contribution is 2.47. The quantitative estimate of drug-likeness (QED) is 0.117. The fraction of sp³-hybridized carbons (Fsp3) is 0.559. The van der Waals surface area contributed by atoms with Crippen LogP contribution >= 0.6 is 0 Å². The number of aromatic nitrogens is 6. The molecule has 6 fully saturated rings. The number of likely N-dealkylation sites (tertiary alicyclic amines) is 1. The summed E-state index contributed by atoms with van der Waals surface area (Å²) in [5.41, 5.74) is 1.04. The summed E-state index contributed by atoms with van der Waals surface area (Å²) in [6.07, 6.45) is 8.28. The van der Waals surface area contributed by atoms with Crippen LogP contribution in [0.4, 0.5) is 29.6 Å². The Hall–Kier alpha value is -6.87. The largest absolute Gasteiger partial charge is 0.508 e. The number of amides is 3. The number of fused-ring (bicyclic) bond motifs is 5. The SMILES string of the molecule is CCc1c(F)ccc2cc(O)cc(-c3nc4c5c(nc(OC[C@@]67CCCN6[C@H](COC(=O)N6CCC(CC8CCN(c9ccc%10c(C%11CCC(=O)NC%11=O)nn(C)c%10n9)CC8)CC6)CC7)nc5c3F)N3CCCOC[C@@H]3C[C@@H]4F)c12. The molecule has 6 saturated heterocycles. The van der Waals surface area contributed by atoms with Crippen molar-refractivity contribution in [1.29, 1.82) is 0 Å². The van der Waals surface area contributed by atoms with Crippen molar-refractivity contribution in [2.24, 2.45) is 18.9 Å². The highest BCUT2D eigenvalue weighted by atomic mass is 19.1. The van der Waals surface area contributed by atoms with E-state index in [1.165, 1.54) is 24.3 Å². The van der Waals surface area contributed by atoms with E-state index in [2.05, 4.69) is 25.2 Å². The Morgan fingerprint density at radius 1 is 0.900 bits per heavy atom. The van der Waals surface area contributed by atoms with Gasteiger partial charge in [-0.1, -0.05) is 13.0 Å². The number of aryl methyl sites for hydroxylation is 2. The monoisotopic (exact) mass is 1100 g/mol. The predicted molar refractivity (Wildman–Crippen MR) is 292 cm³/mol. The van der Waals surface area contributed by atoms with Crippen LogP contribution in [0.3, 0.4) is 0 Å². The number of nitrogens with zero attached hydrogens (tertiary/aromatic N) is 10. The molecule has 0 spiro atoms. The number of nitrogens with one attached hydrogen (secondary N) is 1. The number of aromatic hydroxyl groups is 1. The van der Waals surface area contributed by atoms with Gasteiger partial charge in [0.25, 0.3) is 0 Å². The Kier molecular flexibility index (Phi) is 13.9. The summed E-state index contributed by atoms with van der Waals surface area (Å²) in [4.78, 5) is 65.9. The number of imide groups is 1. The number of rotatable bonds is 11. The highest BCUT2D eigenvalue weighted by molar-refractivity contribution is 6.04. The fourth-order valence-corrected chi connectivity index (χ4v) is 14.5. The third kappa shape index (κ3) is 9.48. The van der Waals surface area contributed by atoms with Crippen molar-refractivity contribution in [2.45, 2.75) is 127 Å². The molecule has 21 heteroatoms. The van der Waals surface area contributed by atoms with Crippen molar-refractivity contribution in [2.75, 3.05) is 75.5 Å². The van der Waals surface area contributed by atoms with Gasteiger partial charge in [0.1, 0.15) is 53.8 Å². The van der Waals surface area contributed by atoms with Crippen molar-refractivity contribution >= 4 is 62.3 Å². The topological polar surface area (TPSA) is 193 Å². The van der Waals surface area contributed by atoms with Crippen LogP contribution in [0, 0.1) is 23.5 Å². The van der Waals surface area contributed by atoms with Gasteiger partial charge in [0, 0.05) is 76.2 Å². The summed E-state index contributed by atoms with van der Waals surface area (Å²) in [6.45, 7) is 7.43.